The molecule has 0 bridgehead atoms. The molecule has 0 spiro atoms. The lowest BCUT2D eigenvalue weighted by atomic mass is 10.1. The maximum absolute atomic E-state index is 5.30. The first-order valence-corrected chi connectivity index (χ1v) is 5.75. The number of benzene rings is 2. The van der Waals surface area contributed by atoms with E-state index in [4.69, 9.17) is 4.52 Å². The second-order valence-corrected chi connectivity index (χ2v) is 4.36. The zero-order chi connectivity index (χ0) is 11.0. The van der Waals surface area contributed by atoms with E-state index in [1.807, 2.05) is 48.5 Å². The molecule has 2 nitrogen and oxygen atoms in total. The van der Waals surface area contributed by atoms with Crippen LogP contribution in [0.2, 0.25) is 0 Å². The Balaban J connectivity index is 2.33. The van der Waals surface area contributed by atoms with Crippen LogP contribution in [0.1, 0.15) is 0 Å². The summed E-state index contributed by atoms with van der Waals surface area (Å²) in [6.45, 7) is 0. The Bertz CT molecular complexity index is 631. The number of nitrogens with zero attached hydrogens (tertiary/aromatic N) is 1. The third-order valence-electron chi connectivity index (χ3n) is 2.49. The van der Waals surface area contributed by atoms with Gasteiger partial charge >= 0.3 is 0 Å². The van der Waals surface area contributed by atoms with Crippen molar-refractivity contribution in [1.82, 2.24) is 5.16 Å². The Kier molecular flexibility index (Phi) is 2.26. The summed E-state index contributed by atoms with van der Waals surface area (Å²) in [6, 6.07) is 15.9. The van der Waals surface area contributed by atoms with Gasteiger partial charge < -0.3 is 4.52 Å². The number of halogens is 1. The molecule has 1 heterocycles. The van der Waals surface area contributed by atoms with Gasteiger partial charge in [0.2, 0.25) is 0 Å². The second-order valence-electron chi connectivity index (χ2n) is 3.51. The van der Waals surface area contributed by atoms with Crippen LogP contribution in [0.25, 0.3) is 22.2 Å². The summed E-state index contributed by atoms with van der Waals surface area (Å²) >= 11 is 3.52. The number of hydrogen-bond donors (Lipinski definition) is 0. The van der Waals surface area contributed by atoms with Gasteiger partial charge in [-0.05, 0) is 28.1 Å². The Hall–Kier alpha value is -1.61. The van der Waals surface area contributed by atoms with E-state index in [1.165, 1.54) is 0 Å². The summed E-state index contributed by atoms with van der Waals surface area (Å²) in [5.41, 5.74) is 2.74. The molecule has 0 amide bonds. The molecule has 78 valence electrons. The van der Waals surface area contributed by atoms with Crippen LogP contribution in [0, 0.1) is 0 Å². The van der Waals surface area contributed by atoms with Gasteiger partial charge in [0.1, 0.15) is 5.69 Å². The van der Waals surface area contributed by atoms with Crippen molar-refractivity contribution in [2.24, 2.45) is 0 Å². The summed E-state index contributed by atoms with van der Waals surface area (Å²) < 4.78 is 6.31. The summed E-state index contributed by atoms with van der Waals surface area (Å²) in [5.74, 6) is 0. The Morgan fingerprint density at radius 1 is 0.938 bits per heavy atom. The molecule has 0 N–H and O–H groups in total. The van der Waals surface area contributed by atoms with E-state index in [1.54, 1.807) is 0 Å². The van der Waals surface area contributed by atoms with E-state index in [0.29, 0.717) is 0 Å². The minimum Gasteiger partial charge on any atom is -0.356 e. The lowest BCUT2D eigenvalue weighted by molar-refractivity contribution is 0.459. The number of hydrogen-bond acceptors (Lipinski definition) is 2. The minimum atomic E-state index is 0.799. The summed E-state index contributed by atoms with van der Waals surface area (Å²) in [4.78, 5) is 0. The zero-order valence-electron chi connectivity index (χ0n) is 8.35. The highest BCUT2D eigenvalue weighted by atomic mass is 79.9. The Morgan fingerprint density at radius 3 is 2.56 bits per heavy atom. The molecule has 0 saturated carbocycles. The van der Waals surface area contributed by atoms with Crippen LogP contribution >= 0.6 is 15.9 Å². The molecule has 0 radical (unpaired) electrons. The molecule has 0 atom stereocenters. The maximum Gasteiger partial charge on any atom is 0.168 e. The van der Waals surface area contributed by atoms with Gasteiger partial charge in [0.15, 0.2) is 5.58 Å². The van der Waals surface area contributed by atoms with Crippen molar-refractivity contribution in [3.63, 3.8) is 0 Å². The van der Waals surface area contributed by atoms with Crippen molar-refractivity contribution in [3.05, 3.63) is 53.0 Å². The molecule has 3 aromatic rings. The monoisotopic (exact) mass is 273 g/mol. The molecule has 1 aromatic heterocycles. The third-order valence-corrected chi connectivity index (χ3v) is 3.16. The van der Waals surface area contributed by atoms with E-state index < -0.39 is 0 Å². The van der Waals surface area contributed by atoms with E-state index in [2.05, 4.69) is 21.1 Å². The molecule has 16 heavy (non-hydrogen) atoms. The second kappa shape index (κ2) is 3.76. The highest BCUT2D eigenvalue weighted by molar-refractivity contribution is 9.10. The lowest BCUT2D eigenvalue weighted by Gasteiger charge is -1.97. The van der Waals surface area contributed by atoms with Gasteiger partial charge in [-0.2, -0.15) is 0 Å². The minimum absolute atomic E-state index is 0.799. The molecule has 0 aliphatic rings. The first kappa shape index (κ1) is 9.60. The molecule has 3 rings (SSSR count). The normalized spacial score (nSPS) is 10.8. The lowest BCUT2D eigenvalue weighted by Crippen LogP contribution is -1.77. The van der Waals surface area contributed by atoms with Gasteiger partial charge in [-0.3, -0.25) is 0 Å². The topological polar surface area (TPSA) is 26.0 Å². The molecule has 0 aliphatic heterocycles. The number of aromatic nitrogens is 1. The third kappa shape index (κ3) is 1.44. The quantitative estimate of drug-likeness (QED) is 0.662. The van der Waals surface area contributed by atoms with Crippen molar-refractivity contribution >= 4 is 26.9 Å². The van der Waals surface area contributed by atoms with Crippen LogP contribution in [0.4, 0.5) is 0 Å². The van der Waals surface area contributed by atoms with Gasteiger partial charge in [-0.25, -0.2) is 0 Å². The average Bonchev–Trinajstić information content (AvgIpc) is 2.75. The first-order valence-electron chi connectivity index (χ1n) is 4.95. The van der Waals surface area contributed by atoms with Crippen LogP contribution in [0.3, 0.4) is 0 Å². The van der Waals surface area contributed by atoms with Crippen molar-refractivity contribution in [1.29, 1.82) is 0 Å². The van der Waals surface area contributed by atoms with Crippen LogP contribution in [0.15, 0.2) is 57.5 Å². The van der Waals surface area contributed by atoms with E-state index >= 15 is 0 Å². The summed E-state index contributed by atoms with van der Waals surface area (Å²) in [7, 11) is 0. The molecule has 0 fully saturated rings. The Labute approximate surface area is 101 Å². The van der Waals surface area contributed by atoms with Crippen LogP contribution < -0.4 is 0 Å². The van der Waals surface area contributed by atoms with Crippen molar-refractivity contribution in [3.8, 4) is 11.3 Å². The highest BCUT2D eigenvalue weighted by Gasteiger charge is 2.12. The molecular formula is C13H8BrNO. The number of fused-ring (bicyclic) bond motifs is 1. The standard InChI is InChI=1S/C13H8BrNO/c14-10-7-4-8-11-12(10)13(15-16-11)9-5-2-1-3-6-9/h1-8H. The SMILES string of the molecule is Brc1cccc2onc(-c3ccccc3)c12. The average molecular weight is 274 g/mol. The smallest absolute Gasteiger partial charge is 0.168 e. The molecule has 3 heteroatoms. The first-order chi connectivity index (χ1) is 7.86. The van der Waals surface area contributed by atoms with E-state index in [-0.39, 0.29) is 0 Å². The van der Waals surface area contributed by atoms with Crippen molar-refractivity contribution < 1.29 is 4.52 Å². The fourth-order valence-electron chi connectivity index (χ4n) is 1.74. The van der Waals surface area contributed by atoms with Gasteiger partial charge in [0, 0.05) is 10.0 Å². The largest absolute Gasteiger partial charge is 0.356 e. The van der Waals surface area contributed by atoms with Crippen molar-refractivity contribution in [2.75, 3.05) is 0 Å². The van der Waals surface area contributed by atoms with Gasteiger partial charge in [0.05, 0.1) is 5.39 Å². The number of rotatable bonds is 1. The molecule has 2 aromatic carbocycles. The maximum atomic E-state index is 5.30. The highest BCUT2D eigenvalue weighted by Crippen LogP contribution is 2.33. The van der Waals surface area contributed by atoms with Crippen molar-refractivity contribution in [2.45, 2.75) is 0 Å². The van der Waals surface area contributed by atoms with Gasteiger partial charge in [0.25, 0.3) is 0 Å². The van der Waals surface area contributed by atoms with E-state index in [0.717, 1.165) is 26.7 Å². The predicted octanol–water partition coefficient (Wildman–Crippen LogP) is 4.26. The van der Waals surface area contributed by atoms with Crippen LogP contribution in [-0.2, 0) is 0 Å². The van der Waals surface area contributed by atoms with Gasteiger partial charge in [-0.15, -0.1) is 0 Å². The van der Waals surface area contributed by atoms with Gasteiger partial charge in [-0.1, -0.05) is 41.6 Å². The molecule has 0 unspecified atom stereocenters. The van der Waals surface area contributed by atoms with E-state index in [9.17, 15) is 0 Å². The molecule has 0 aliphatic carbocycles. The fourth-order valence-corrected chi connectivity index (χ4v) is 2.28. The summed E-state index contributed by atoms with van der Waals surface area (Å²) in [5, 5.41) is 5.14. The molecule has 0 saturated heterocycles. The van der Waals surface area contributed by atoms with Crippen LogP contribution in [0.5, 0.6) is 0 Å². The molecular weight excluding hydrogens is 266 g/mol. The predicted molar refractivity (Wildman–Crippen MR) is 67.1 cm³/mol. The zero-order valence-corrected chi connectivity index (χ0v) is 9.94. The fraction of sp³-hybridized carbons (Fsp3) is 0. The Morgan fingerprint density at radius 2 is 1.75 bits per heavy atom. The summed E-state index contributed by atoms with van der Waals surface area (Å²) in [6.07, 6.45) is 0. The van der Waals surface area contributed by atoms with Crippen LogP contribution in [-0.4, -0.2) is 5.16 Å².